The number of aryl methyl sites for hydroxylation is 2. The fraction of sp³-hybridized carbons (Fsp3) is 0.214. The van der Waals surface area contributed by atoms with E-state index in [4.69, 9.17) is 9.47 Å². The van der Waals surface area contributed by atoms with Crippen LogP contribution in [0.4, 0.5) is 4.79 Å². The van der Waals surface area contributed by atoms with Gasteiger partial charge in [-0.15, -0.1) is 0 Å². The Morgan fingerprint density at radius 1 is 1.13 bits per heavy atom. The lowest BCUT2D eigenvalue weighted by Gasteiger charge is -2.10. The van der Waals surface area contributed by atoms with E-state index in [1.54, 1.807) is 30.7 Å². The highest BCUT2D eigenvalue weighted by Gasteiger charge is 2.23. The number of amides is 1. The Kier molecular flexibility index (Phi) is 4.80. The highest BCUT2D eigenvalue weighted by molar-refractivity contribution is 7.90. The summed E-state index contributed by atoms with van der Waals surface area (Å²) in [6.45, 7) is 3.40. The average Bonchev–Trinajstić information content (AvgIpc) is 2.45. The number of aromatic nitrogens is 2. The summed E-state index contributed by atoms with van der Waals surface area (Å²) in [5, 5.41) is 0. The summed E-state index contributed by atoms with van der Waals surface area (Å²) in [6, 6.07) is 7.36. The van der Waals surface area contributed by atoms with Gasteiger partial charge in [0, 0.05) is 11.4 Å². The molecule has 1 N–H and O–H groups in total. The number of rotatable bonds is 4. The molecule has 122 valence electrons. The highest BCUT2D eigenvalue weighted by atomic mass is 32.2. The van der Waals surface area contributed by atoms with E-state index in [-0.39, 0.29) is 16.7 Å². The van der Waals surface area contributed by atoms with Crippen LogP contribution in [0.25, 0.3) is 0 Å². The van der Waals surface area contributed by atoms with Gasteiger partial charge in [0.15, 0.2) is 0 Å². The van der Waals surface area contributed by atoms with E-state index in [0.29, 0.717) is 11.4 Å². The topological polar surface area (TPSA) is 107 Å². The molecule has 2 rings (SSSR count). The van der Waals surface area contributed by atoms with Gasteiger partial charge < -0.3 is 9.47 Å². The number of nitrogens with one attached hydrogen (secondary N) is 1. The zero-order valence-corrected chi connectivity index (χ0v) is 13.5. The summed E-state index contributed by atoms with van der Waals surface area (Å²) in [6.07, 6.45) is -1.21. The predicted molar refractivity (Wildman–Crippen MR) is 80.8 cm³/mol. The minimum atomic E-state index is -4.15. The number of hydrogen-bond donors (Lipinski definition) is 1. The molecule has 0 unspecified atom stereocenters. The second-order valence-corrected chi connectivity index (χ2v) is 6.23. The van der Waals surface area contributed by atoms with Gasteiger partial charge in [-0.05, 0) is 32.0 Å². The number of methoxy groups -OCH3 is 1. The number of nitrogens with zero attached hydrogens (tertiary/aromatic N) is 2. The van der Waals surface area contributed by atoms with Gasteiger partial charge in [0.25, 0.3) is 10.0 Å². The summed E-state index contributed by atoms with van der Waals surface area (Å²) in [7, 11) is -2.82. The maximum absolute atomic E-state index is 12.2. The Labute approximate surface area is 133 Å². The molecule has 0 radical (unpaired) electrons. The maximum atomic E-state index is 12.2. The zero-order chi connectivity index (χ0) is 17.0. The fourth-order valence-corrected chi connectivity index (χ4v) is 2.89. The number of carbonyl (C=O) groups excluding carboxylic acids is 1. The third-order valence-corrected chi connectivity index (χ3v) is 4.07. The van der Waals surface area contributed by atoms with Crippen molar-refractivity contribution in [3.8, 4) is 11.8 Å². The van der Waals surface area contributed by atoms with Crippen LogP contribution in [0.1, 0.15) is 11.4 Å². The number of sulfonamides is 1. The molecule has 0 bridgehead atoms. The number of hydrogen-bond acceptors (Lipinski definition) is 7. The average molecular weight is 337 g/mol. The zero-order valence-electron chi connectivity index (χ0n) is 12.7. The first kappa shape index (κ1) is 16.7. The van der Waals surface area contributed by atoms with Crippen molar-refractivity contribution in [3.05, 3.63) is 41.7 Å². The predicted octanol–water partition coefficient (Wildman–Crippen LogP) is 1.58. The van der Waals surface area contributed by atoms with E-state index < -0.39 is 16.1 Å². The van der Waals surface area contributed by atoms with Crippen molar-refractivity contribution < 1.29 is 22.7 Å². The molecule has 8 nitrogen and oxygen atoms in total. The van der Waals surface area contributed by atoms with Crippen LogP contribution in [0.15, 0.2) is 35.2 Å². The van der Waals surface area contributed by atoms with Crippen molar-refractivity contribution in [1.29, 1.82) is 0 Å². The molecular weight excluding hydrogens is 322 g/mol. The minimum absolute atomic E-state index is 0.107. The van der Waals surface area contributed by atoms with Crippen molar-refractivity contribution >= 4 is 16.1 Å². The lowest BCUT2D eigenvalue weighted by molar-refractivity contribution is 0.202. The lowest BCUT2D eigenvalue weighted by Crippen LogP contribution is -2.33. The fourth-order valence-electron chi connectivity index (χ4n) is 1.85. The van der Waals surface area contributed by atoms with Crippen molar-refractivity contribution in [1.82, 2.24) is 14.7 Å². The summed E-state index contributed by atoms with van der Waals surface area (Å²) in [4.78, 5) is 19.4. The molecule has 0 aliphatic heterocycles. The normalized spacial score (nSPS) is 10.9. The Morgan fingerprint density at radius 2 is 1.74 bits per heavy atom. The summed E-state index contributed by atoms with van der Waals surface area (Å²) in [5.74, 6) is 0.107. The van der Waals surface area contributed by atoms with Crippen LogP contribution >= 0.6 is 0 Å². The van der Waals surface area contributed by atoms with Crippen LogP contribution in [0.5, 0.6) is 11.8 Å². The van der Waals surface area contributed by atoms with Crippen molar-refractivity contribution in [2.24, 2.45) is 0 Å². The molecule has 0 fully saturated rings. The third-order valence-electron chi connectivity index (χ3n) is 2.72. The molecule has 0 aliphatic carbocycles. The van der Waals surface area contributed by atoms with Crippen LogP contribution in [0, 0.1) is 13.8 Å². The smallest absolute Gasteiger partial charge is 0.429 e. The van der Waals surface area contributed by atoms with Gasteiger partial charge in [0.1, 0.15) is 10.6 Å². The molecule has 0 aliphatic rings. The van der Waals surface area contributed by atoms with Crippen LogP contribution in [-0.2, 0) is 10.0 Å². The third kappa shape index (κ3) is 4.16. The SMILES string of the molecule is COc1ccccc1S(=O)(=O)NC(=O)Oc1nc(C)cc(C)n1. The molecule has 1 aromatic carbocycles. The van der Waals surface area contributed by atoms with Gasteiger partial charge in [-0.1, -0.05) is 12.1 Å². The molecule has 0 atom stereocenters. The largest absolute Gasteiger partial charge is 0.495 e. The number of ether oxygens (including phenoxy) is 2. The number of carbonyl (C=O) groups is 1. The maximum Gasteiger partial charge on any atom is 0.429 e. The molecule has 1 aromatic heterocycles. The van der Waals surface area contributed by atoms with E-state index in [1.807, 2.05) is 0 Å². The van der Waals surface area contributed by atoms with Crippen LogP contribution in [0.2, 0.25) is 0 Å². The lowest BCUT2D eigenvalue weighted by atomic mass is 10.3. The summed E-state index contributed by atoms with van der Waals surface area (Å²) < 4.78 is 36.0. The van der Waals surface area contributed by atoms with E-state index in [2.05, 4.69) is 9.97 Å². The van der Waals surface area contributed by atoms with Crippen LogP contribution < -0.4 is 14.2 Å². The van der Waals surface area contributed by atoms with Crippen molar-refractivity contribution in [2.75, 3.05) is 7.11 Å². The standard InChI is InChI=1S/C14H15N3O5S/c1-9-8-10(2)16-13(15-9)22-14(18)17-23(19,20)12-7-5-4-6-11(12)21-3/h4-8H,1-3H3,(H,17,18). The van der Waals surface area contributed by atoms with Gasteiger partial charge in [0.2, 0.25) is 0 Å². The molecule has 2 aromatic rings. The van der Waals surface area contributed by atoms with Crippen molar-refractivity contribution in [3.63, 3.8) is 0 Å². The Hall–Kier alpha value is -2.68. The molecule has 0 spiro atoms. The Bertz CT molecular complexity index is 816. The molecule has 0 saturated heterocycles. The first-order valence-electron chi connectivity index (χ1n) is 6.52. The molecular formula is C14H15N3O5S. The van der Waals surface area contributed by atoms with Gasteiger partial charge >= 0.3 is 12.1 Å². The number of para-hydroxylation sites is 1. The summed E-state index contributed by atoms with van der Waals surface area (Å²) >= 11 is 0. The quantitative estimate of drug-likeness (QED) is 0.902. The Morgan fingerprint density at radius 3 is 2.35 bits per heavy atom. The van der Waals surface area contributed by atoms with E-state index in [9.17, 15) is 13.2 Å². The molecule has 1 amide bonds. The van der Waals surface area contributed by atoms with Gasteiger partial charge in [0.05, 0.1) is 7.11 Å². The van der Waals surface area contributed by atoms with Crippen molar-refractivity contribution in [2.45, 2.75) is 18.7 Å². The van der Waals surface area contributed by atoms with Crippen LogP contribution in [-0.4, -0.2) is 31.6 Å². The van der Waals surface area contributed by atoms with E-state index in [1.165, 1.54) is 25.3 Å². The van der Waals surface area contributed by atoms with Gasteiger partial charge in [-0.2, -0.15) is 0 Å². The van der Waals surface area contributed by atoms with E-state index in [0.717, 1.165) is 0 Å². The van der Waals surface area contributed by atoms with Gasteiger partial charge in [-0.3, -0.25) is 0 Å². The molecule has 0 saturated carbocycles. The highest BCUT2D eigenvalue weighted by Crippen LogP contribution is 2.22. The monoisotopic (exact) mass is 337 g/mol. The molecule has 9 heteroatoms. The molecule has 1 heterocycles. The van der Waals surface area contributed by atoms with Crippen LogP contribution in [0.3, 0.4) is 0 Å². The summed E-state index contributed by atoms with van der Waals surface area (Å²) in [5.41, 5.74) is 1.18. The second kappa shape index (κ2) is 6.61. The molecule has 23 heavy (non-hydrogen) atoms. The first-order valence-corrected chi connectivity index (χ1v) is 8.00. The minimum Gasteiger partial charge on any atom is -0.495 e. The van der Waals surface area contributed by atoms with E-state index >= 15 is 0 Å². The second-order valence-electron chi connectivity index (χ2n) is 4.58. The Balaban J connectivity index is 2.18. The van der Waals surface area contributed by atoms with Gasteiger partial charge in [-0.25, -0.2) is 27.9 Å². The number of benzene rings is 1. The first-order chi connectivity index (χ1) is 10.8.